The van der Waals surface area contributed by atoms with Crippen molar-refractivity contribution in [2.24, 2.45) is 7.05 Å². The van der Waals surface area contributed by atoms with E-state index in [4.69, 9.17) is 12.2 Å². The van der Waals surface area contributed by atoms with Crippen LogP contribution in [0.2, 0.25) is 0 Å². The molecule has 0 aliphatic heterocycles. The number of aromatic nitrogens is 5. The second kappa shape index (κ2) is 6.73. The summed E-state index contributed by atoms with van der Waals surface area (Å²) < 4.78 is 5.15. The fourth-order valence-corrected chi connectivity index (χ4v) is 3.96. The molecule has 0 amide bonds. The first-order valence-electron chi connectivity index (χ1n) is 6.94. The number of hydrogen-bond donors (Lipinski definition) is 1. The Hall–Kier alpha value is -1.20. The fourth-order valence-electron chi connectivity index (χ4n) is 2.27. The van der Waals surface area contributed by atoms with Crippen LogP contribution in [0.1, 0.15) is 12.7 Å². The highest BCUT2D eigenvalue weighted by atomic mass is 127. The van der Waals surface area contributed by atoms with E-state index in [-0.39, 0.29) is 5.56 Å². The summed E-state index contributed by atoms with van der Waals surface area (Å²) in [6, 6.07) is 5.69. The minimum atomic E-state index is -0.0367. The molecule has 2 heterocycles. The summed E-state index contributed by atoms with van der Waals surface area (Å²) in [7, 11) is 1.74. The number of halogens is 1. The summed E-state index contributed by atoms with van der Waals surface area (Å²) >= 11 is 8.86. The van der Waals surface area contributed by atoms with E-state index in [1.54, 1.807) is 11.6 Å². The number of rotatable bonds is 4. The molecular weight excluding hydrogens is 445 g/mol. The Labute approximate surface area is 155 Å². The highest BCUT2D eigenvalue weighted by molar-refractivity contribution is 14.1. The Balaban J connectivity index is 1.97. The highest BCUT2D eigenvalue weighted by Crippen LogP contribution is 2.21. The monoisotopic (exact) mass is 459 g/mol. The maximum atomic E-state index is 12.5. The molecule has 0 aliphatic carbocycles. The van der Waals surface area contributed by atoms with Crippen molar-refractivity contribution >= 4 is 57.5 Å². The molecule has 3 aromatic rings. The van der Waals surface area contributed by atoms with Gasteiger partial charge in [-0.1, -0.05) is 11.8 Å². The molecule has 0 fully saturated rings. The third kappa shape index (κ3) is 3.22. The Morgan fingerprint density at radius 3 is 2.96 bits per heavy atom. The minimum Gasteiger partial charge on any atom is -0.304 e. The maximum absolute atomic E-state index is 12.5. The van der Waals surface area contributed by atoms with E-state index in [9.17, 15) is 4.79 Å². The lowest BCUT2D eigenvalue weighted by atomic mass is 10.2. The van der Waals surface area contributed by atoms with E-state index in [1.807, 2.05) is 29.7 Å². The first-order valence-corrected chi connectivity index (χ1v) is 9.41. The molecule has 1 N–H and O–H groups in total. The summed E-state index contributed by atoms with van der Waals surface area (Å²) in [6.45, 7) is 2.78. The highest BCUT2D eigenvalue weighted by Gasteiger charge is 2.11. The van der Waals surface area contributed by atoms with Gasteiger partial charge in [0.1, 0.15) is 5.82 Å². The number of thioether (sulfide) groups is 1. The van der Waals surface area contributed by atoms with Crippen molar-refractivity contribution in [2.75, 3.05) is 0 Å². The second-order valence-corrected chi connectivity index (χ2v) is 7.47. The standard InChI is InChI=1S/C14H14IN5OS2/c1-3-20-11(17-18-13(20)22)7-23-14-16-10-5-4-8(15)6-9(10)12(21)19(14)2/h4-6H,3,7H2,1-2H3,(H,18,22). The van der Waals surface area contributed by atoms with Crippen molar-refractivity contribution in [2.45, 2.75) is 24.4 Å². The van der Waals surface area contributed by atoms with E-state index in [0.29, 0.717) is 26.6 Å². The van der Waals surface area contributed by atoms with Gasteiger partial charge in [0.05, 0.1) is 16.7 Å². The van der Waals surface area contributed by atoms with Crippen LogP contribution >= 0.6 is 46.6 Å². The maximum Gasteiger partial charge on any atom is 0.261 e. The van der Waals surface area contributed by atoms with Gasteiger partial charge in [0, 0.05) is 17.2 Å². The summed E-state index contributed by atoms with van der Waals surface area (Å²) in [5.74, 6) is 1.44. The molecule has 0 unspecified atom stereocenters. The zero-order valence-electron chi connectivity index (χ0n) is 12.5. The lowest BCUT2D eigenvalue weighted by Crippen LogP contribution is -2.20. The van der Waals surface area contributed by atoms with Gasteiger partial charge in [-0.15, -0.1) is 0 Å². The zero-order chi connectivity index (χ0) is 16.6. The van der Waals surface area contributed by atoms with Gasteiger partial charge in [-0.3, -0.25) is 14.5 Å². The van der Waals surface area contributed by atoms with Crippen molar-refractivity contribution < 1.29 is 0 Å². The molecule has 23 heavy (non-hydrogen) atoms. The van der Waals surface area contributed by atoms with E-state index in [0.717, 1.165) is 15.9 Å². The van der Waals surface area contributed by atoms with Crippen LogP contribution in [0.25, 0.3) is 10.9 Å². The molecule has 120 valence electrons. The van der Waals surface area contributed by atoms with E-state index < -0.39 is 0 Å². The van der Waals surface area contributed by atoms with Gasteiger partial charge < -0.3 is 4.57 Å². The van der Waals surface area contributed by atoms with Crippen LogP contribution in [0.4, 0.5) is 0 Å². The topological polar surface area (TPSA) is 68.5 Å². The Morgan fingerprint density at radius 2 is 2.22 bits per heavy atom. The summed E-state index contributed by atoms with van der Waals surface area (Å²) in [6.07, 6.45) is 0. The lowest BCUT2D eigenvalue weighted by Gasteiger charge is -2.09. The molecule has 0 spiro atoms. The number of benzene rings is 1. The number of hydrogen-bond acceptors (Lipinski definition) is 5. The van der Waals surface area contributed by atoms with Gasteiger partial charge in [-0.2, -0.15) is 5.10 Å². The largest absolute Gasteiger partial charge is 0.304 e. The van der Waals surface area contributed by atoms with E-state index >= 15 is 0 Å². The van der Waals surface area contributed by atoms with Crippen LogP contribution in [0.15, 0.2) is 28.2 Å². The molecule has 0 bridgehead atoms. The molecule has 0 atom stereocenters. The SMILES string of the molecule is CCn1c(CSc2nc3ccc(I)cc3c(=O)n2C)n[nH]c1=S. The number of aromatic amines is 1. The van der Waals surface area contributed by atoms with Crippen LogP contribution in [-0.4, -0.2) is 24.3 Å². The van der Waals surface area contributed by atoms with Gasteiger partial charge in [0.2, 0.25) is 0 Å². The number of fused-ring (bicyclic) bond motifs is 1. The van der Waals surface area contributed by atoms with Gasteiger partial charge in [0.25, 0.3) is 5.56 Å². The van der Waals surface area contributed by atoms with Gasteiger partial charge >= 0.3 is 0 Å². The van der Waals surface area contributed by atoms with Crippen LogP contribution < -0.4 is 5.56 Å². The Morgan fingerprint density at radius 1 is 1.43 bits per heavy atom. The summed E-state index contributed by atoms with van der Waals surface area (Å²) in [5, 5.41) is 8.34. The third-order valence-electron chi connectivity index (χ3n) is 3.48. The van der Waals surface area contributed by atoms with Crippen LogP contribution in [0.3, 0.4) is 0 Å². The molecule has 3 rings (SSSR count). The normalized spacial score (nSPS) is 11.3. The predicted molar refractivity (Wildman–Crippen MR) is 102 cm³/mol. The van der Waals surface area contributed by atoms with E-state index in [1.165, 1.54) is 11.8 Å². The average molecular weight is 459 g/mol. The molecule has 1 aromatic carbocycles. The fraction of sp³-hybridized carbons (Fsp3) is 0.286. The van der Waals surface area contributed by atoms with Crippen LogP contribution in [-0.2, 0) is 19.3 Å². The van der Waals surface area contributed by atoms with E-state index in [2.05, 4.69) is 37.8 Å². The Bertz CT molecular complexity index is 991. The minimum absolute atomic E-state index is 0.0367. The molecule has 0 radical (unpaired) electrons. The Kier molecular flexibility index (Phi) is 4.87. The summed E-state index contributed by atoms with van der Waals surface area (Å²) in [5.41, 5.74) is 0.677. The van der Waals surface area contributed by atoms with Crippen LogP contribution in [0, 0.1) is 8.34 Å². The molecule has 0 saturated heterocycles. The quantitative estimate of drug-likeness (QED) is 0.281. The molecule has 6 nitrogen and oxygen atoms in total. The van der Waals surface area contributed by atoms with Crippen molar-refractivity contribution in [1.29, 1.82) is 0 Å². The van der Waals surface area contributed by atoms with Crippen molar-refractivity contribution in [3.63, 3.8) is 0 Å². The van der Waals surface area contributed by atoms with Crippen molar-refractivity contribution in [1.82, 2.24) is 24.3 Å². The first kappa shape index (κ1) is 16.7. The number of nitrogens with one attached hydrogen (secondary N) is 1. The third-order valence-corrected chi connectivity index (χ3v) is 5.49. The molecule has 0 aliphatic rings. The smallest absolute Gasteiger partial charge is 0.261 e. The van der Waals surface area contributed by atoms with Gasteiger partial charge in [-0.05, 0) is 59.9 Å². The van der Waals surface area contributed by atoms with Crippen molar-refractivity contribution in [3.8, 4) is 0 Å². The zero-order valence-corrected chi connectivity index (χ0v) is 16.3. The van der Waals surface area contributed by atoms with Crippen molar-refractivity contribution in [3.05, 3.63) is 42.7 Å². The lowest BCUT2D eigenvalue weighted by molar-refractivity contribution is 0.709. The number of nitrogens with zero attached hydrogens (tertiary/aromatic N) is 4. The molecule has 0 saturated carbocycles. The summed E-state index contributed by atoms with van der Waals surface area (Å²) in [4.78, 5) is 17.1. The average Bonchev–Trinajstić information content (AvgIpc) is 2.90. The number of H-pyrrole nitrogens is 1. The first-order chi connectivity index (χ1) is 11.0. The van der Waals surface area contributed by atoms with Gasteiger partial charge in [0.15, 0.2) is 9.93 Å². The molecular formula is C14H14IN5OS2. The van der Waals surface area contributed by atoms with Gasteiger partial charge in [-0.25, -0.2) is 4.98 Å². The molecule has 9 heteroatoms. The molecule has 2 aromatic heterocycles. The second-order valence-electron chi connectivity index (χ2n) is 4.90. The predicted octanol–water partition coefficient (Wildman–Crippen LogP) is 3.10. The van der Waals surface area contributed by atoms with Crippen LogP contribution in [0.5, 0.6) is 0 Å².